The van der Waals surface area contributed by atoms with E-state index in [1.807, 2.05) is 29.3 Å². The van der Waals surface area contributed by atoms with Gasteiger partial charge in [0.05, 0.1) is 23.8 Å². The summed E-state index contributed by atoms with van der Waals surface area (Å²) in [6, 6.07) is 3.62. The molecule has 4 aliphatic heterocycles. The molecule has 1 spiro atoms. The topological polar surface area (TPSA) is 94.5 Å². The number of aromatic hydroxyl groups is 1. The highest BCUT2D eigenvalue weighted by Crippen LogP contribution is 2.67. The molecular weight excluding hydrogens is 446 g/mol. The normalized spacial score (nSPS) is 38.2. The Kier molecular flexibility index (Phi) is 3.71. The molecule has 1 aromatic carbocycles. The van der Waals surface area contributed by atoms with Crippen molar-refractivity contribution in [1.29, 1.82) is 0 Å². The molecule has 0 radical (unpaired) electrons. The third kappa shape index (κ3) is 2.28. The van der Waals surface area contributed by atoms with Gasteiger partial charge in [0.1, 0.15) is 5.76 Å². The summed E-state index contributed by atoms with van der Waals surface area (Å²) in [6.45, 7) is 1.86. The van der Waals surface area contributed by atoms with Gasteiger partial charge in [0, 0.05) is 36.3 Å². The number of phenols is 1. The van der Waals surface area contributed by atoms with Gasteiger partial charge in [-0.15, -0.1) is 0 Å². The number of nitrogens with one attached hydrogen (secondary N) is 1. The van der Waals surface area contributed by atoms with Crippen LogP contribution in [0.15, 0.2) is 47.5 Å². The highest BCUT2D eigenvalue weighted by Gasteiger charge is 2.74. The molecule has 35 heavy (non-hydrogen) atoms. The molecular formula is C27H29N3O5. The van der Waals surface area contributed by atoms with Crippen molar-refractivity contribution >= 4 is 5.91 Å². The molecule has 5 atom stereocenters. The van der Waals surface area contributed by atoms with E-state index in [4.69, 9.17) is 9.47 Å². The zero-order chi connectivity index (χ0) is 23.7. The number of phenolic OH excluding ortho intramolecular Hbond substituents is 1. The number of carbonyl (C=O) groups is 1. The summed E-state index contributed by atoms with van der Waals surface area (Å²) in [7, 11) is 1.60. The number of likely N-dealkylation sites (tertiary alicyclic amines) is 1. The second-order valence-corrected chi connectivity index (χ2v) is 11.2. The summed E-state index contributed by atoms with van der Waals surface area (Å²) in [5.41, 5.74) is 1.55. The summed E-state index contributed by atoms with van der Waals surface area (Å²) >= 11 is 0. The quantitative estimate of drug-likeness (QED) is 0.612. The summed E-state index contributed by atoms with van der Waals surface area (Å²) < 4.78 is 12.2. The van der Waals surface area contributed by atoms with Gasteiger partial charge in [0.2, 0.25) is 0 Å². The number of amides is 1. The number of benzene rings is 1. The van der Waals surface area contributed by atoms with Crippen molar-refractivity contribution in [3.8, 4) is 11.5 Å². The molecule has 2 bridgehead atoms. The van der Waals surface area contributed by atoms with Gasteiger partial charge >= 0.3 is 0 Å². The predicted molar refractivity (Wildman–Crippen MR) is 125 cm³/mol. The third-order valence-electron chi connectivity index (χ3n) is 9.63. The molecule has 1 amide bonds. The van der Waals surface area contributed by atoms with Gasteiger partial charge in [0.15, 0.2) is 23.8 Å². The van der Waals surface area contributed by atoms with E-state index in [2.05, 4.69) is 10.2 Å². The maximum atomic E-state index is 13.5. The fraction of sp³-hybridized carbons (Fsp3) is 0.519. The van der Waals surface area contributed by atoms with Crippen LogP contribution in [0.4, 0.5) is 0 Å². The molecule has 1 aromatic rings. The van der Waals surface area contributed by atoms with Crippen LogP contribution in [0.5, 0.6) is 11.5 Å². The molecule has 4 heterocycles. The lowest BCUT2D eigenvalue weighted by atomic mass is 9.48. The zero-order valence-electron chi connectivity index (χ0n) is 19.7. The zero-order valence-corrected chi connectivity index (χ0v) is 19.7. The molecule has 7 aliphatic rings. The van der Waals surface area contributed by atoms with Crippen molar-refractivity contribution in [2.24, 2.45) is 5.92 Å². The van der Waals surface area contributed by atoms with Gasteiger partial charge < -0.3 is 29.9 Å². The van der Waals surface area contributed by atoms with Gasteiger partial charge in [-0.25, -0.2) is 0 Å². The van der Waals surface area contributed by atoms with Crippen molar-refractivity contribution in [2.45, 2.75) is 61.4 Å². The number of hydrogen-bond donors (Lipinski definition) is 3. The highest BCUT2D eigenvalue weighted by atomic mass is 16.5. The van der Waals surface area contributed by atoms with Gasteiger partial charge in [-0.2, -0.15) is 0 Å². The number of methoxy groups -OCH3 is 1. The first kappa shape index (κ1) is 20.2. The Hall–Kier alpha value is -2.97. The minimum Gasteiger partial charge on any atom is -0.504 e. The first-order valence-corrected chi connectivity index (χ1v) is 12.7. The van der Waals surface area contributed by atoms with Gasteiger partial charge in [-0.3, -0.25) is 9.69 Å². The molecule has 1 unspecified atom stereocenters. The van der Waals surface area contributed by atoms with Crippen LogP contribution in [-0.4, -0.2) is 70.0 Å². The minimum atomic E-state index is -1.17. The van der Waals surface area contributed by atoms with E-state index in [0.29, 0.717) is 35.8 Å². The molecule has 1 saturated heterocycles. The summed E-state index contributed by atoms with van der Waals surface area (Å²) in [6.07, 6.45) is 8.84. The van der Waals surface area contributed by atoms with Crippen LogP contribution in [0.3, 0.4) is 0 Å². The number of hydrogen-bond acceptors (Lipinski definition) is 7. The van der Waals surface area contributed by atoms with Gasteiger partial charge in [-0.05, 0) is 61.9 Å². The lowest BCUT2D eigenvalue weighted by Crippen LogP contribution is -2.77. The lowest BCUT2D eigenvalue weighted by molar-refractivity contribution is -0.172. The molecule has 182 valence electrons. The van der Waals surface area contributed by atoms with E-state index < -0.39 is 23.3 Å². The maximum absolute atomic E-state index is 13.5. The number of aliphatic hydroxyl groups is 1. The van der Waals surface area contributed by atoms with Crippen molar-refractivity contribution in [2.75, 3.05) is 20.2 Å². The Balaban J connectivity index is 1.36. The van der Waals surface area contributed by atoms with Crippen LogP contribution in [0.1, 0.15) is 36.8 Å². The van der Waals surface area contributed by atoms with Crippen molar-refractivity contribution in [3.05, 3.63) is 58.6 Å². The molecule has 0 aromatic heterocycles. The SMILES string of the molecule is COC1=CC=CN2C3=C(C[C@@]4(O)[C@H]5Cc6ccc(O)c7c6[C@@]4(CCN5CC4CC4)[C@H]3O7)C(=O)NC12. The van der Waals surface area contributed by atoms with E-state index in [0.717, 1.165) is 29.9 Å². The van der Waals surface area contributed by atoms with Crippen LogP contribution in [0.25, 0.3) is 0 Å². The minimum absolute atomic E-state index is 0.0966. The number of allylic oxidation sites excluding steroid dienone is 2. The fourth-order valence-electron chi connectivity index (χ4n) is 7.96. The summed E-state index contributed by atoms with van der Waals surface area (Å²) in [5.74, 6) is 1.73. The standard InChI is InChI=1S/C27H29N3O5/c1-34-18-3-2-9-30-21-16(25(32)28-24(18)30)12-27(33)19-11-15-6-7-17(31)22-20(15)26(27,23(21)35-22)8-10-29(19)13-14-4-5-14/h2-3,6-7,9,14,19,23-24,31,33H,4-5,8,10-13H2,1H3,(H,28,32)/t19-,23+,24?,26+,27-/m1/s1. The predicted octanol–water partition coefficient (Wildman–Crippen LogP) is 1.64. The molecule has 8 heteroatoms. The molecule has 3 aliphatic carbocycles. The fourth-order valence-corrected chi connectivity index (χ4v) is 7.96. The largest absolute Gasteiger partial charge is 0.504 e. The Morgan fingerprint density at radius 1 is 1.31 bits per heavy atom. The highest BCUT2D eigenvalue weighted by molar-refractivity contribution is 5.97. The summed E-state index contributed by atoms with van der Waals surface area (Å²) in [5, 5.41) is 26.7. The number of ether oxygens (including phenoxy) is 2. The van der Waals surface area contributed by atoms with Crippen LogP contribution < -0.4 is 10.1 Å². The van der Waals surface area contributed by atoms with Crippen molar-refractivity contribution in [1.82, 2.24) is 15.1 Å². The monoisotopic (exact) mass is 475 g/mol. The summed E-state index contributed by atoms with van der Waals surface area (Å²) in [4.78, 5) is 18.0. The van der Waals surface area contributed by atoms with E-state index in [1.165, 1.54) is 12.8 Å². The van der Waals surface area contributed by atoms with E-state index in [9.17, 15) is 15.0 Å². The number of carbonyl (C=O) groups excluding carboxylic acids is 1. The van der Waals surface area contributed by atoms with Crippen LogP contribution in [0.2, 0.25) is 0 Å². The smallest absolute Gasteiger partial charge is 0.251 e. The Morgan fingerprint density at radius 3 is 2.97 bits per heavy atom. The van der Waals surface area contributed by atoms with E-state index in [1.54, 1.807) is 13.2 Å². The second-order valence-electron chi connectivity index (χ2n) is 11.2. The van der Waals surface area contributed by atoms with Crippen molar-refractivity contribution < 1.29 is 24.5 Å². The van der Waals surface area contributed by atoms with E-state index >= 15 is 0 Å². The average Bonchev–Trinajstić information content (AvgIpc) is 3.59. The number of rotatable bonds is 3. The van der Waals surface area contributed by atoms with E-state index in [-0.39, 0.29) is 24.1 Å². The van der Waals surface area contributed by atoms with Crippen LogP contribution in [0, 0.1) is 5.92 Å². The Morgan fingerprint density at radius 2 is 2.17 bits per heavy atom. The lowest BCUT2D eigenvalue weighted by Gasteiger charge is -2.64. The second kappa shape index (κ2) is 6.42. The van der Waals surface area contributed by atoms with Crippen LogP contribution in [-0.2, 0) is 21.4 Å². The molecule has 3 N–H and O–H groups in total. The number of nitrogens with zero attached hydrogens (tertiary/aromatic N) is 2. The molecule has 2 fully saturated rings. The Bertz CT molecular complexity index is 1280. The average molecular weight is 476 g/mol. The first-order valence-electron chi connectivity index (χ1n) is 12.7. The van der Waals surface area contributed by atoms with Gasteiger partial charge in [0.25, 0.3) is 5.91 Å². The molecule has 1 saturated carbocycles. The number of fused-ring (bicyclic) bond motifs is 3. The number of piperidine rings is 1. The Labute approximate surface area is 203 Å². The maximum Gasteiger partial charge on any atom is 0.251 e. The first-order chi connectivity index (χ1) is 17.0. The molecule has 8 rings (SSSR count). The third-order valence-corrected chi connectivity index (χ3v) is 9.63. The van der Waals surface area contributed by atoms with Crippen molar-refractivity contribution in [3.63, 3.8) is 0 Å². The van der Waals surface area contributed by atoms with Gasteiger partial charge in [-0.1, -0.05) is 6.07 Å². The molecule has 8 nitrogen and oxygen atoms in total. The van der Waals surface area contributed by atoms with Crippen LogP contribution >= 0.6 is 0 Å².